The van der Waals surface area contributed by atoms with Crippen LogP contribution < -0.4 is 0 Å². The fraction of sp³-hybridized carbons (Fsp3) is 0.415. The highest BCUT2D eigenvalue weighted by Crippen LogP contribution is 2.70. The van der Waals surface area contributed by atoms with Gasteiger partial charge in [-0.3, -0.25) is 0 Å². The fourth-order valence-corrected chi connectivity index (χ4v) is 9.15. The molecule has 2 aromatic carbocycles. The van der Waals surface area contributed by atoms with Gasteiger partial charge in [0.2, 0.25) is 11.5 Å². The van der Waals surface area contributed by atoms with Crippen LogP contribution in [-0.2, 0) is 52.8 Å². The van der Waals surface area contributed by atoms with Crippen molar-refractivity contribution in [2.45, 2.75) is 55.5 Å². The average Bonchev–Trinajstić information content (AvgIpc) is 3.48. The van der Waals surface area contributed by atoms with Gasteiger partial charge in [0.15, 0.2) is 34.2 Å². The summed E-state index contributed by atoms with van der Waals surface area (Å²) in [6.45, 7) is 11.8. The molecule has 0 bridgehead atoms. The van der Waals surface area contributed by atoms with Crippen LogP contribution in [-0.4, -0.2) is 80.3 Å². The van der Waals surface area contributed by atoms with Gasteiger partial charge in [-0.05, 0) is 35.1 Å². The Morgan fingerprint density at radius 2 is 0.922 bits per heavy atom. The van der Waals surface area contributed by atoms with E-state index in [0.717, 1.165) is 33.4 Å². The van der Waals surface area contributed by atoms with Gasteiger partial charge in [0.25, 0.3) is 0 Å². The van der Waals surface area contributed by atoms with Crippen LogP contribution >= 0.6 is 0 Å². The Bertz CT molecular complexity index is 1650. The van der Waals surface area contributed by atoms with Crippen LogP contribution in [0.15, 0.2) is 120 Å². The molecule has 0 radical (unpaired) electrons. The maximum atomic E-state index is 7.13. The molecule has 10 heteroatoms. The number of hydrogen-bond donors (Lipinski definition) is 0. The quantitative estimate of drug-likeness (QED) is 0.165. The van der Waals surface area contributed by atoms with Gasteiger partial charge < -0.3 is 47.4 Å². The predicted octanol–water partition coefficient (Wildman–Crippen LogP) is 7.44. The summed E-state index contributed by atoms with van der Waals surface area (Å²) in [5, 5.41) is 0. The zero-order chi connectivity index (χ0) is 37.1. The first kappa shape index (κ1) is 37.8. The van der Waals surface area contributed by atoms with Gasteiger partial charge in [-0.15, -0.1) is 0 Å². The molecule has 0 N–H and O–H groups in total. The van der Waals surface area contributed by atoms with Gasteiger partial charge in [-0.25, -0.2) is 0 Å². The average molecular weight is 703 g/mol. The summed E-state index contributed by atoms with van der Waals surface area (Å²) < 4.78 is 65.3. The largest absolute Gasteiger partial charge is 0.494 e. The van der Waals surface area contributed by atoms with Crippen LogP contribution in [0.5, 0.6) is 0 Å². The minimum absolute atomic E-state index is 0.288. The molecule has 0 aliphatic heterocycles. The molecule has 0 amide bonds. The second-order valence-electron chi connectivity index (χ2n) is 12.1. The number of hydrogen-bond acceptors (Lipinski definition) is 10. The molecule has 0 saturated heterocycles. The maximum absolute atomic E-state index is 7.13. The molecule has 2 aromatic rings. The van der Waals surface area contributed by atoms with Crippen LogP contribution in [0.25, 0.3) is 11.1 Å². The number of methoxy groups -OCH3 is 8. The van der Waals surface area contributed by atoms with Gasteiger partial charge in [0.1, 0.15) is 17.6 Å². The molecule has 0 spiro atoms. The highest BCUT2D eigenvalue weighted by molar-refractivity contribution is 5.85. The van der Waals surface area contributed by atoms with Gasteiger partial charge in [-0.1, -0.05) is 75.5 Å². The second-order valence-corrected chi connectivity index (χ2v) is 12.1. The molecule has 3 aliphatic rings. The lowest BCUT2D eigenvalue weighted by Gasteiger charge is -2.62. The summed E-state index contributed by atoms with van der Waals surface area (Å²) in [6.07, 6.45) is 1.91. The van der Waals surface area contributed by atoms with Crippen LogP contribution in [0, 0.1) is 0 Å². The Morgan fingerprint density at radius 1 is 0.549 bits per heavy atom. The molecule has 0 heterocycles. The standard InChI is InChI=1S/C41H50O10/c1-13-25-31(50-15-3)33(42-5)37(46-9)40(48-11,35(25)44-7)39(29-23-19-17-21-27(29)28-22-18-20-24-30(28)39)41(49-12)36(45-8)26(14-2)32(51-16-4)34(43-6)38(41)47-10/h15-24,35-36H,3-4,13-14H2,1-2,5-12H3. The topological polar surface area (TPSA) is 92.3 Å². The van der Waals surface area contributed by atoms with E-state index in [1.54, 1.807) is 56.9 Å². The third-order valence-electron chi connectivity index (χ3n) is 10.6. The molecule has 10 nitrogen and oxygen atoms in total. The zero-order valence-electron chi connectivity index (χ0n) is 31.3. The van der Waals surface area contributed by atoms with Crippen molar-refractivity contribution in [1.82, 2.24) is 0 Å². The molecule has 0 aromatic heterocycles. The van der Waals surface area contributed by atoms with E-state index in [4.69, 9.17) is 47.4 Å². The van der Waals surface area contributed by atoms with Crippen LogP contribution in [0.4, 0.5) is 0 Å². The first-order valence-electron chi connectivity index (χ1n) is 16.8. The van der Waals surface area contributed by atoms with E-state index in [0.29, 0.717) is 35.9 Å². The molecular weight excluding hydrogens is 652 g/mol. The third kappa shape index (κ3) is 4.69. The van der Waals surface area contributed by atoms with Gasteiger partial charge in [-0.2, -0.15) is 0 Å². The molecular formula is C41H50O10. The second kappa shape index (κ2) is 15.0. The Kier molecular flexibility index (Phi) is 11.1. The van der Waals surface area contributed by atoms with Crippen molar-refractivity contribution in [1.29, 1.82) is 0 Å². The highest BCUT2D eigenvalue weighted by atomic mass is 16.6. The summed E-state index contributed by atoms with van der Waals surface area (Å²) in [4.78, 5) is 0. The number of ether oxygens (including phenoxy) is 10. The van der Waals surface area contributed by atoms with E-state index in [9.17, 15) is 0 Å². The highest BCUT2D eigenvalue weighted by Gasteiger charge is 2.80. The van der Waals surface area contributed by atoms with Crippen molar-refractivity contribution < 1.29 is 47.4 Å². The van der Waals surface area contributed by atoms with Gasteiger partial charge >= 0.3 is 0 Å². The molecule has 4 atom stereocenters. The Hall–Kier alpha value is -4.48. The summed E-state index contributed by atoms with van der Waals surface area (Å²) in [5.74, 6) is 2.01. The Labute approximate surface area is 301 Å². The number of benzene rings is 2. The fourth-order valence-electron chi connectivity index (χ4n) is 9.15. The number of rotatable bonds is 16. The van der Waals surface area contributed by atoms with Crippen molar-refractivity contribution in [3.05, 3.63) is 131 Å². The van der Waals surface area contributed by atoms with Crippen molar-refractivity contribution in [3.8, 4) is 11.1 Å². The molecule has 274 valence electrons. The normalized spacial score (nSPS) is 25.3. The van der Waals surface area contributed by atoms with Crippen LogP contribution in [0.2, 0.25) is 0 Å². The molecule has 3 aliphatic carbocycles. The molecule has 0 fully saturated rings. The van der Waals surface area contributed by atoms with E-state index in [1.807, 2.05) is 38.1 Å². The van der Waals surface area contributed by atoms with Gasteiger partial charge in [0.05, 0.1) is 41.0 Å². The zero-order valence-corrected chi connectivity index (χ0v) is 31.3. The summed E-state index contributed by atoms with van der Waals surface area (Å²) in [6, 6.07) is 16.3. The van der Waals surface area contributed by atoms with Crippen LogP contribution in [0.3, 0.4) is 0 Å². The predicted molar refractivity (Wildman–Crippen MR) is 193 cm³/mol. The summed E-state index contributed by atoms with van der Waals surface area (Å²) in [7, 11) is 12.8. The van der Waals surface area contributed by atoms with Crippen LogP contribution in [0.1, 0.15) is 37.8 Å². The van der Waals surface area contributed by atoms with E-state index in [1.165, 1.54) is 12.5 Å². The van der Waals surface area contributed by atoms with E-state index >= 15 is 0 Å². The molecule has 5 rings (SSSR count). The third-order valence-corrected chi connectivity index (χ3v) is 10.6. The monoisotopic (exact) mass is 702 g/mol. The van der Waals surface area contributed by atoms with Crippen molar-refractivity contribution >= 4 is 0 Å². The molecule has 4 unspecified atom stereocenters. The molecule has 51 heavy (non-hydrogen) atoms. The first-order chi connectivity index (χ1) is 24.8. The lowest BCUT2D eigenvalue weighted by atomic mass is 9.48. The van der Waals surface area contributed by atoms with Crippen molar-refractivity contribution in [3.63, 3.8) is 0 Å². The van der Waals surface area contributed by atoms with Gasteiger partial charge in [0, 0.05) is 39.6 Å². The smallest absolute Gasteiger partial charge is 0.202 e. The number of fused-ring (bicyclic) bond motifs is 3. The lowest BCUT2D eigenvalue weighted by molar-refractivity contribution is -0.226. The lowest BCUT2D eigenvalue weighted by Crippen LogP contribution is -2.77. The Balaban J connectivity index is 2.21. The van der Waals surface area contributed by atoms with Crippen molar-refractivity contribution in [2.75, 3.05) is 56.9 Å². The minimum Gasteiger partial charge on any atom is -0.494 e. The summed E-state index contributed by atoms with van der Waals surface area (Å²) >= 11 is 0. The summed E-state index contributed by atoms with van der Waals surface area (Å²) in [5.41, 5.74) is 0.269. The van der Waals surface area contributed by atoms with E-state index in [2.05, 4.69) is 37.4 Å². The SMILES string of the molecule is C=COC1=C(CC)C(OC)C(OC)(C2(C3(OC)C(OC)=C(OC)C(OC=C)=C(CC)C3OC)c3ccccc3-c3ccccc32)C(OC)=C1OC. The molecule has 0 saturated carbocycles. The first-order valence-corrected chi connectivity index (χ1v) is 16.8. The van der Waals surface area contributed by atoms with E-state index < -0.39 is 28.8 Å². The minimum atomic E-state index is -1.64. The van der Waals surface area contributed by atoms with Crippen molar-refractivity contribution in [2.24, 2.45) is 0 Å². The maximum Gasteiger partial charge on any atom is 0.202 e. The van der Waals surface area contributed by atoms with E-state index in [-0.39, 0.29) is 11.5 Å². The Morgan fingerprint density at radius 3 is 1.20 bits per heavy atom.